The molecule has 26 heavy (non-hydrogen) atoms. The van der Waals surface area contributed by atoms with Gasteiger partial charge in [0.05, 0.1) is 11.2 Å². The Morgan fingerprint density at radius 3 is 2.46 bits per heavy atom. The van der Waals surface area contributed by atoms with Crippen molar-refractivity contribution < 1.29 is 14.3 Å². The van der Waals surface area contributed by atoms with Gasteiger partial charge in [0.15, 0.2) is 6.61 Å². The molecule has 1 aliphatic heterocycles. The second-order valence-electron chi connectivity index (χ2n) is 5.63. The summed E-state index contributed by atoms with van der Waals surface area (Å²) >= 11 is 11.9. The number of hydrogen-bond acceptors (Lipinski definition) is 5. The fraction of sp³-hybridized carbons (Fsp3) is 0.294. The lowest BCUT2D eigenvalue weighted by Gasteiger charge is -2.34. The molecule has 0 aliphatic carbocycles. The van der Waals surface area contributed by atoms with Crippen molar-refractivity contribution in [3.8, 4) is 5.75 Å². The minimum Gasteiger partial charge on any atom is -0.482 e. The van der Waals surface area contributed by atoms with Crippen LogP contribution in [-0.4, -0.2) is 64.4 Å². The van der Waals surface area contributed by atoms with Crippen molar-refractivity contribution in [3.63, 3.8) is 0 Å². The normalized spacial score (nSPS) is 14.2. The van der Waals surface area contributed by atoms with E-state index >= 15 is 0 Å². The van der Waals surface area contributed by atoms with Crippen molar-refractivity contribution in [1.82, 2.24) is 19.8 Å². The van der Waals surface area contributed by atoms with E-state index in [0.29, 0.717) is 47.7 Å². The summed E-state index contributed by atoms with van der Waals surface area (Å²) < 4.78 is 5.47. The van der Waals surface area contributed by atoms with Gasteiger partial charge in [0.2, 0.25) is 0 Å². The fourth-order valence-electron chi connectivity index (χ4n) is 2.55. The van der Waals surface area contributed by atoms with Crippen LogP contribution in [0.2, 0.25) is 10.0 Å². The highest BCUT2D eigenvalue weighted by Gasteiger charge is 2.25. The molecule has 2 amide bonds. The van der Waals surface area contributed by atoms with Crippen LogP contribution in [0, 0.1) is 0 Å². The summed E-state index contributed by atoms with van der Waals surface area (Å²) in [5.41, 5.74) is 0.299. The molecule has 9 heteroatoms. The summed E-state index contributed by atoms with van der Waals surface area (Å²) in [5, 5.41) is 0.849. The molecule has 7 nitrogen and oxygen atoms in total. The predicted octanol–water partition coefficient (Wildman–Crippen LogP) is 2.15. The number of piperazine rings is 1. The summed E-state index contributed by atoms with van der Waals surface area (Å²) in [6.45, 7) is 1.61. The number of amides is 2. The number of aromatic nitrogens is 2. The molecule has 1 saturated heterocycles. The molecule has 0 radical (unpaired) electrons. The lowest BCUT2D eigenvalue weighted by Crippen LogP contribution is -2.51. The van der Waals surface area contributed by atoms with Crippen molar-refractivity contribution in [2.24, 2.45) is 0 Å². The molecule has 3 rings (SSSR count). The zero-order valence-corrected chi connectivity index (χ0v) is 15.3. The third-order valence-corrected chi connectivity index (χ3v) is 4.48. The van der Waals surface area contributed by atoms with E-state index < -0.39 is 0 Å². The molecule has 1 aromatic heterocycles. The van der Waals surface area contributed by atoms with E-state index in [1.54, 1.807) is 28.0 Å². The Labute approximate surface area is 160 Å². The van der Waals surface area contributed by atoms with E-state index in [9.17, 15) is 9.59 Å². The van der Waals surface area contributed by atoms with Gasteiger partial charge < -0.3 is 14.5 Å². The third kappa shape index (κ3) is 4.42. The van der Waals surface area contributed by atoms with Crippen molar-refractivity contribution in [3.05, 3.63) is 52.5 Å². The standard InChI is InChI=1S/C17H16Cl2N4O3/c18-12-1-2-15(13(19)9-12)26-11-16(24)22-5-7-23(8-6-22)17(25)14-10-20-3-4-21-14/h1-4,9-10H,5-8,11H2. The number of benzene rings is 1. The van der Waals surface area contributed by atoms with Crippen LogP contribution in [0.15, 0.2) is 36.8 Å². The molecule has 136 valence electrons. The zero-order chi connectivity index (χ0) is 18.5. The first-order chi connectivity index (χ1) is 12.5. The van der Waals surface area contributed by atoms with Gasteiger partial charge in [-0.05, 0) is 18.2 Å². The fourth-order valence-corrected chi connectivity index (χ4v) is 3.02. The van der Waals surface area contributed by atoms with Crippen LogP contribution in [0.1, 0.15) is 10.5 Å². The van der Waals surface area contributed by atoms with Gasteiger partial charge in [0.1, 0.15) is 11.4 Å². The Morgan fingerprint density at radius 1 is 1.08 bits per heavy atom. The number of hydrogen-bond donors (Lipinski definition) is 0. The number of carbonyl (C=O) groups excluding carboxylic acids is 2. The van der Waals surface area contributed by atoms with Gasteiger partial charge in [0.25, 0.3) is 11.8 Å². The second kappa shape index (κ2) is 8.33. The number of nitrogens with zero attached hydrogens (tertiary/aromatic N) is 4. The van der Waals surface area contributed by atoms with E-state index in [4.69, 9.17) is 27.9 Å². The average molecular weight is 395 g/mol. The van der Waals surface area contributed by atoms with Crippen LogP contribution >= 0.6 is 23.2 Å². The van der Waals surface area contributed by atoms with Gasteiger partial charge in [-0.25, -0.2) is 4.98 Å². The predicted molar refractivity (Wildman–Crippen MR) is 96.5 cm³/mol. The molecular weight excluding hydrogens is 379 g/mol. The number of carbonyl (C=O) groups is 2. The largest absolute Gasteiger partial charge is 0.482 e. The van der Waals surface area contributed by atoms with Gasteiger partial charge in [-0.1, -0.05) is 23.2 Å². The smallest absolute Gasteiger partial charge is 0.274 e. The molecule has 0 spiro atoms. The lowest BCUT2D eigenvalue weighted by molar-refractivity contribution is -0.134. The minimum absolute atomic E-state index is 0.126. The Kier molecular flexibility index (Phi) is 5.90. The van der Waals surface area contributed by atoms with Crippen LogP contribution in [0.25, 0.3) is 0 Å². The van der Waals surface area contributed by atoms with Crippen LogP contribution in [-0.2, 0) is 4.79 Å². The van der Waals surface area contributed by atoms with Crippen LogP contribution < -0.4 is 4.74 Å². The van der Waals surface area contributed by atoms with Gasteiger partial charge >= 0.3 is 0 Å². The molecule has 0 unspecified atom stereocenters. The summed E-state index contributed by atoms with van der Waals surface area (Å²) in [6.07, 6.45) is 4.43. The van der Waals surface area contributed by atoms with Gasteiger partial charge in [-0.2, -0.15) is 0 Å². The first-order valence-corrected chi connectivity index (χ1v) is 8.71. The maximum absolute atomic E-state index is 12.3. The lowest BCUT2D eigenvalue weighted by atomic mass is 10.2. The highest BCUT2D eigenvalue weighted by Crippen LogP contribution is 2.27. The van der Waals surface area contributed by atoms with Crippen LogP contribution in [0.3, 0.4) is 0 Å². The first-order valence-electron chi connectivity index (χ1n) is 7.95. The molecule has 1 aliphatic rings. The van der Waals surface area contributed by atoms with E-state index in [1.165, 1.54) is 18.6 Å². The Morgan fingerprint density at radius 2 is 1.81 bits per heavy atom. The van der Waals surface area contributed by atoms with Crippen molar-refractivity contribution in [1.29, 1.82) is 0 Å². The minimum atomic E-state index is -0.186. The molecule has 1 aromatic carbocycles. The van der Waals surface area contributed by atoms with Crippen molar-refractivity contribution in [2.75, 3.05) is 32.8 Å². The number of ether oxygens (including phenoxy) is 1. The molecule has 0 bridgehead atoms. The van der Waals surface area contributed by atoms with E-state index in [0.717, 1.165) is 0 Å². The van der Waals surface area contributed by atoms with Crippen molar-refractivity contribution >= 4 is 35.0 Å². The molecule has 0 N–H and O–H groups in total. The first kappa shape index (κ1) is 18.4. The van der Waals surface area contributed by atoms with E-state index in [-0.39, 0.29) is 18.4 Å². The van der Waals surface area contributed by atoms with Crippen LogP contribution in [0.4, 0.5) is 0 Å². The molecule has 0 atom stereocenters. The van der Waals surface area contributed by atoms with Gasteiger partial charge in [-0.3, -0.25) is 14.6 Å². The Bertz CT molecular complexity index is 796. The summed E-state index contributed by atoms with van der Waals surface area (Å²) in [4.78, 5) is 35.8. The van der Waals surface area contributed by atoms with Crippen molar-refractivity contribution in [2.45, 2.75) is 0 Å². The van der Waals surface area contributed by atoms with E-state index in [2.05, 4.69) is 9.97 Å². The highest BCUT2D eigenvalue weighted by molar-refractivity contribution is 6.35. The topological polar surface area (TPSA) is 75.6 Å². The summed E-state index contributed by atoms with van der Waals surface area (Å²) in [6, 6.07) is 4.82. The highest BCUT2D eigenvalue weighted by atomic mass is 35.5. The third-order valence-electron chi connectivity index (χ3n) is 3.95. The summed E-state index contributed by atoms with van der Waals surface area (Å²) in [7, 11) is 0. The molecule has 2 aromatic rings. The Hall–Kier alpha value is -2.38. The second-order valence-corrected chi connectivity index (χ2v) is 6.47. The van der Waals surface area contributed by atoms with E-state index in [1.807, 2.05) is 0 Å². The molecule has 2 heterocycles. The maximum Gasteiger partial charge on any atom is 0.274 e. The average Bonchev–Trinajstić information content (AvgIpc) is 2.67. The van der Waals surface area contributed by atoms with Gasteiger partial charge in [-0.15, -0.1) is 0 Å². The molecule has 0 saturated carbocycles. The SMILES string of the molecule is O=C(COc1ccc(Cl)cc1Cl)N1CCN(C(=O)c2cnccn2)CC1. The summed E-state index contributed by atoms with van der Waals surface area (Å²) in [5.74, 6) is 0.0536. The van der Waals surface area contributed by atoms with Crippen LogP contribution in [0.5, 0.6) is 5.75 Å². The number of rotatable bonds is 4. The quantitative estimate of drug-likeness (QED) is 0.793. The maximum atomic E-state index is 12.3. The Balaban J connectivity index is 1.50. The monoisotopic (exact) mass is 394 g/mol. The zero-order valence-electron chi connectivity index (χ0n) is 13.8. The molecule has 1 fully saturated rings. The number of halogens is 2. The molecular formula is C17H16Cl2N4O3. The van der Waals surface area contributed by atoms with Gasteiger partial charge in [0, 0.05) is 43.6 Å².